The minimum atomic E-state index is -0.116. The summed E-state index contributed by atoms with van der Waals surface area (Å²) in [5.74, 6) is 1.48. The molecule has 4 aromatic rings. The first-order valence-electron chi connectivity index (χ1n) is 8.72. The van der Waals surface area contributed by atoms with Crippen LogP contribution in [-0.2, 0) is 0 Å². The van der Waals surface area contributed by atoms with Crippen molar-refractivity contribution >= 4 is 46.4 Å². The second-order valence-electron chi connectivity index (χ2n) is 7.30. The van der Waals surface area contributed by atoms with Gasteiger partial charge < -0.3 is 5.32 Å². The molecule has 0 saturated carbocycles. The molecule has 0 radical (unpaired) electrons. The Morgan fingerprint density at radius 2 is 1.81 bits per heavy atom. The maximum atomic E-state index is 4.79. The lowest BCUT2D eigenvalue weighted by molar-refractivity contribution is 0.626. The van der Waals surface area contributed by atoms with Gasteiger partial charge in [0.15, 0.2) is 5.82 Å². The van der Waals surface area contributed by atoms with Crippen molar-refractivity contribution in [3.63, 3.8) is 0 Å². The van der Waals surface area contributed by atoms with E-state index in [-0.39, 0.29) is 5.54 Å². The van der Waals surface area contributed by atoms with E-state index in [1.54, 1.807) is 22.7 Å². The highest BCUT2D eigenvalue weighted by atomic mass is 32.1. The van der Waals surface area contributed by atoms with Gasteiger partial charge in [0.1, 0.15) is 5.69 Å². The van der Waals surface area contributed by atoms with Gasteiger partial charge in [-0.05, 0) is 62.7 Å². The Balaban J connectivity index is 1.84. The molecule has 0 bridgehead atoms. The number of fused-ring (bicyclic) bond motifs is 1. The number of aryl methyl sites for hydroxylation is 1. The first-order chi connectivity index (χ1) is 12.9. The quantitative estimate of drug-likeness (QED) is 0.488. The van der Waals surface area contributed by atoms with Crippen molar-refractivity contribution in [2.75, 3.05) is 5.32 Å². The van der Waals surface area contributed by atoms with E-state index in [9.17, 15) is 0 Å². The number of anilines is 1. The van der Waals surface area contributed by atoms with E-state index in [2.05, 4.69) is 55.1 Å². The second kappa shape index (κ2) is 6.90. The van der Waals surface area contributed by atoms with E-state index < -0.39 is 0 Å². The van der Waals surface area contributed by atoms with Crippen LogP contribution >= 0.6 is 22.7 Å². The minimum absolute atomic E-state index is 0.116. The molecular formula is C20H21N5S2. The maximum Gasteiger partial charge on any atom is 0.253 e. The minimum Gasteiger partial charge on any atom is -0.363 e. The van der Waals surface area contributed by atoms with E-state index in [4.69, 9.17) is 15.1 Å². The number of nitrogens with one attached hydrogen (secondary N) is 1. The number of thiophene rings is 2. The summed E-state index contributed by atoms with van der Waals surface area (Å²) in [5.41, 5.74) is 2.47. The lowest BCUT2D eigenvalue weighted by Gasteiger charge is -2.22. The predicted octanol–water partition coefficient (Wildman–Crippen LogP) is 5.60. The van der Waals surface area contributed by atoms with Crippen LogP contribution in [0.3, 0.4) is 0 Å². The average molecular weight is 396 g/mol. The van der Waals surface area contributed by atoms with E-state index in [0.29, 0.717) is 5.78 Å². The lowest BCUT2D eigenvalue weighted by atomic mass is 10.1. The molecule has 1 N–H and O–H groups in total. The summed E-state index contributed by atoms with van der Waals surface area (Å²) in [5, 5.41) is 12.4. The van der Waals surface area contributed by atoms with Crippen LogP contribution in [0.15, 0.2) is 35.0 Å². The molecule has 0 unspecified atom stereocenters. The van der Waals surface area contributed by atoms with Crippen molar-refractivity contribution in [1.82, 2.24) is 19.6 Å². The summed E-state index contributed by atoms with van der Waals surface area (Å²) < 4.78 is 1.82. The molecule has 4 rings (SSSR count). The summed E-state index contributed by atoms with van der Waals surface area (Å²) in [4.78, 5) is 11.8. The topological polar surface area (TPSA) is 55.1 Å². The summed E-state index contributed by atoms with van der Waals surface area (Å²) in [6.45, 7) is 8.36. The van der Waals surface area contributed by atoms with Crippen molar-refractivity contribution < 1.29 is 0 Å². The summed E-state index contributed by atoms with van der Waals surface area (Å²) in [7, 11) is 0. The smallest absolute Gasteiger partial charge is 0.253 e. The van der Waals surface area contributed by atoms with Crippen LogP contribution in [0.25, 0.3) is 28.5 Å². The molecule has 0 aliphatic carbocycles. The van der Waals surface area contributed by atoms with E-state index >= 15 is 0 Å². The van der Waals surface area contributed by atoms with E-state index in [1.807, 2.05) is 29.6 Å². The molecule has 27 heavy (non-hydrogen) atoms. The van der Waals surface area contributed by atoms with E-state index in [0.717, 1.165) is 27.8 Å². The SMILES string of the molecule is Cc1nn2c(NC(C)(C)C)c(-c3cccs3)nc2nc1/C=C/c1cccs1. The highest BCUT2D eigenvalue weighted by molar-refractivity contribution is 7.13. The Labute approximate surface area is 166 Å². The zero-order valence-electron chi connectivity index (χ0n) is 15.7. The van der Waals surface area contributed by atoms with Gasteiger partial charge in [0.2, 0.25) is 0 Å². The van der Waals surface area contributed by atoms with Crippen LogP contribution in [0.4, 0.5) is 5.82 Å². The third kappa shape index (κ3) is 3.79. The molecule has 0 aliphatic rings. The van der Waals surface area contributed by atoms with Gasteiger partial charge in [-0.15, -0.1) is 22.7 Å². The molecule has 0 saturated heterocycles. The maximum absolute atomic E-state index is 4.79. The Morgan fingerprint density at radius 1 is 1.04 bits per heavy atom. The molecule has 0 fully saturated rings. The van der Waals surface area contributed by atoms with Gasteiger partial charge in [0, 0.05) is 10.4 Å². The number of rotatable bonds is 4. The fourth-order valence-electron chi connectivity index (χ4n) is 2.72. The average Bonchev–Trinajstić information content (AvgIpc) is 3.33. The number of hydrogen-bond acceptors (Lipinski definition) is 6. The Kier molecular flexibility index (Phi) is 4.57. The van der Waals surface area contributed by atoms with Gasteiger partial charge >= 0.3 is 0 Å². The van der Waals surface area contributed by atoms with Crippen LogP contribution in [-0.4, -0.2) is 25.1 Å². The number of aromatic nitrogens is 4. The fourth-order valence-corrected chi connectivity index (χ4v) is 4.05. The summed E-state index contributed by atoms with van der Waals surface area (Å²) in [6.07, 6.45) is 4.07. The van der Waals surface area contributed by atoms with Gasteiger partial charge in [0.25, 0.3) is 5.78 Å². The van der Waals surface area contributed by atoms with E-state index in [1.165, 1.54) is 4.88 Å². The molecule has 4 aromatic heterocycles. The van der Waals surface area contributed by atoms with Crippen molar-refractivity contribution in [3.8, 4) is 10.6 Å². The third-order valence-electron chi connectivity index (χ3n) is 3.88. The first-order valence-corrected chi connectivity index (χ1v) is 10.5. The lowest BCUT2D eigenvalue weighted by Crippen LogP contribution is -2.27. The highest BCUT2D eigenvalue weighted by Gasteiger charge is 2.22. The zero-order chi connectivity index (χ0) is 19.0. The van der Waals surface area contributed by atoms with Gasteiger partial charge in [-0.25, -0.2) is 9.97 Å². The zero-order valence-corrected chi connectivity index (χ0v) is 17.4. The highest BCUT2D eigenvalue weighted by Crippen LogP contribution is 2.33. The van der Waals surface area contributed by atoms with Crippen molar-refractivity contribution in [2.45, 2.75) is 33.2 Å². The monoisotopic (exact) mass is 395 g/mol. The largest absolute Gasteiger partial charge is 0.363 e. The van der Waals surface area contributed by atoms with Crippen LogP contribution in [0.5, 0.6) is 0 Å². The summed E-state index contributed by atoms with van der Waals surface area (Å²) >= 11 is 3.36. The predicted molar refractivity (Wildman–Crippen MR) is 115 cm³/mol. The van der Waals surface area contributed by atoms with Gasteiger partial charge in [-0.3, -0.25) is 0 Å². The fraction of sp³-hybridized carbons (Fsp3) is 0.250. The molecule has 0 amide bonds. The Bertz CT molecular complexity index is 1080. The molecule has 0 spiro atoms. The van der Waals surface area contributed by atoms with Crippen molar-refractivity contribution in [1.29, 1.82) is 0 Å². The molecule has 5 nitrogen and oxygen atoms in total. The normalized spacial score (nSPS) is 12.3. The number of nitrogens with zero attached hydrogens (tertiary/aromatic N) is 4. The molecule has 0 aliphatic heterocycles. The molecule has 4 heterocycles. The van der Waals surface area contributed by atoms with Crippen LogP contribution in [0.2, 0.25) is 0 Å². The van der Waals surface area contributed by atoms with Gasteiger partial charge in [-0.1, -0.05) is 12.1 Å². The number of imidazole rings is 1. The van der Waals surface area contributed by atoms with Crippen molar-refractivity contribution in [3.05, 3.63) is 51.3 Å². The van der Waals surface area contributed by atoms with Gasteiger partial charge in [-0.2, -0.15) is 9.61 Å². The standard InChI is InChI=1S/C20H21N5S2/c1-13-15(10-9-14-7-5-11-26-14)21-19-22-17(16-8-6-12-27-16)18(25(19)24-13)23-20(2,3)4/h5-12,23H,1-4H3/b10-9+. The Hall–Kier alpha value is -2.51. The Morgan fingerprint density at radius 3 is 2.48 bits per heavy atom. The molecule has 0 aromatic carbocycles. The summed E-state index contributed by atoms with van der Waals surface area (Å²) in [6, 6.07) is 8.23. The van der Waals surface area contributed by atoms with Gasteiger partial charge in [0.05, 0.1) is 16.3 Å². The van der Waals surface area contributed by atoms with Crippen LogP contribution in [0, 0.1) is 6.92 Å². The molecular weight excluding hydrogens is 374 g/mol. The first kappa shape index (κ1) is 17.9. The number of hydrogen-bond donors (Lipinski definition) is 1. The van der Waals surface area contributed by atoms with Crippen molar-refractivity contribution in [2.24, 2.45) is 0 Å². The van der Waals surface area contributed by atoms with Crippen LogP contribution < -0.4 is 5.32 Å². The molecule has 0 atom stereocenters. The van der Waals surface area contributed by atoms with Crippen LogP contribution in [0.1, 0.15) is 37.0 Å². The third-order valence-corrected chi connectivity index (χ3v) is 5.59. The second-order valence-corrected chi connectivity index (χ2v) is 9.23. The molecule has 138 valence electrons. The molecule has 7 heteroatoms.